The highest BCUT2D eigenvalue weighted by molar-refractivity contribution is 6.15. The number of fused-ring (bicyclic) bond motifs is 3. The van der Waals surface area contributed by atoms with Crippen LogP contribution in [0.25, 0.3) is 32.8 Å². The topological polar surface area (TPSA) is 99.3 Å². The lowest BCUT2D eigenvalue weighted by atomic mass is 9.92. The number of rotatable bonds is 3. The van der Waals surface area contributed by atoms with Crippen LogP contribution in [0.15, 0.2) is 53.3 Å². The van der Waals surface area contributed by atoms with Crippen LogP contribution in [0.5, 0.6) is 11.5 Å². The van der Waals surface area contributed by atoms with Crippen molar-refractivity contribution >= 4 is 34.1 Å². The zero-order valence-corrected chi connectivity index (χ0v) is 17.0. The van der Waals surface area contributed by atoms with Gasteiger partial charge in [0.05, 0.1) is 10.9 Å². The van der Waals surface area contributed by atoms with Gasteiger partial charge in [-0.25, -0.2) is 0 Å². The van der Waals surface area contributed by atoms with Crippen LogP contribution in [0.1, 0.15) is 24.0 Å². The van der Waals surface area contributed by atoms with Gasteiger partial charge in [-0.3, -0.25) is 4.79 Å². The highest BCUT2D eigenvalue weighted by atomic mass is 35.5. The first kappa shape index (κ1) is 20.7. The Hall–Kier alpha value is -3.02. The van der Waals surface area contributed by atoms with Crippen molar-refractivity contribution in [2.24, 2.45) is 5.73 Å². The molecule has 0 amide bonds. The summed E-state index contributed by atoms with van der Waals surface area (Å²) < 4.78 is 0. The Morgan fingerprint density at radius 3 is 2.38 bits per heavy atom. The molecule has 4 rings (SSSR count). The number of nitrogens with two attached hydrogens (primary N) is 1. The van der Waals surface area contributed by atoms with Crippen LogP contribution in [0.3, 0.4) is 0 Å². The van der Waals surface area contributed by atoms with Crippen molar-refractivity contribution in [2.45, 2.75) is 19.8 Å². The standard InChI is InChI=1S/C23H22N2O3.ClH/c1-12-10-18(27)19(15-8-6-14(7-9-15)13(2)11-24)21-16-4-3-5-17(26)20(16)23(28)25-22(12)21;/h3-10,13,26-27H,11,24H2,1-2H3,(H,25,28);1H/t13-;/m0./s1. The van der Waals surface area contributed by atoms with Gasteiger partial charge in [0.2, 0.25) is 0 Å². The molecule has 0 saturated carbocycles. The van der Waals surface area contributed by atoms with Crippen LogP contribution < -0.4 is 11.3 Å². The van der Waals surface area contributed by atoms with Crippen LogP contribution in [0.2, 0.25) is 0 Å². The van der Waals surface area contributed by atoms with Gasteiger partial charge in [-0.15, -0.1) is 12.4 Å². The van der Waals surface area contributed by atoms with E-state index in [4.69, 9.17) is 5.73 Å². The van der Waals surface area contributed by atoms with E-state index < -0.39 is 0 Å². The fourth-order valence-corrected chi connectivity index (χ4v) is 3.80. The highest BCUT2D eigenvalue weighted by Crippen LogP contribution is 2.41. The molecule has 4 aromatic rings. The van der Waals surface area contributed by atoms with E-state index in [1.807, 2.05) is 31.2 Å². The number of pyridine rings is 1. The Morgan fingerprint density at radius 2 is 1.72 bits per heavy atom. The zero-order chi connectivity index (χ0) is 20.0. The van der Waals surface area contributed by atoms with Gasteiger partial charge in [-0.05, 0) is 48.2 Å². The largest absolute Gasteiger partial charge is 0.507 e. The second-order valence-corrected chi connectivity index (χ2v) is 7.25. The smallest absolute Gasteiger partial charge is 0.260 e. The van der Waals surface area contributed by atoms with Crippen molar-refractivity contribution in [1.82, 2.24) is 4.98 Å². The van der Waals surface area contributed by atoms with E-state index >= 15 is 0 Å². The minimum absolute atomic E-state index is 0. The highest BCUT2D eigenvalue weighted by Gasteiger charge is 2.18. The van der Waals surface area contributed by atoms with E-state index in [0.717, 1.165) is 16.7 Å². The van der Waals surface area contributed by atoms with Gasteiger partial charge in [-0.1, -0.05) is 43.3 Å². The Morgan fingerprint density at radius 1 is 1.03 bits per heavy atom. The van der Waals surface area contributed by atoms with Crippen LogP contribution in [-0.4, -0.2) is 21.7 Å². The lowest BCUT2D eigenvalue weighted by molar-refractivity contribution is 0.477. The second-order valence-electron chi connectivity index (χ2n) is 7.25. The number of aromatic nitrogens is 1. The van der Waals surface area contributed by atoms with E-state index in [0.29, 0.717) is 28.4 Å². The summed E-state index contributed by atoms with van der Waals surface area (Å²) in [4.78, 5) is 15.4. The SMILES string of the molecule is Cc1cc(O)c(-c2ccc([C@@H](C)CN)cc2)c2c1[nH]c(=O)c1c(O)cccc12.Cl. The predicted octanol–water partition coefficient (Wildman–Crippen LogP) is 4.55. The summed E-state index contributed by atoms with van der Waals surface area (Å²) in [5.74, 6) is 0.285. The molecule has 1 aromatic heterocycles. The van der Waals surface area contributed by atoms with E-state index in [2.05, 4.69) is 11.9 Å². The summed E-state index contributed by atoms with van der Waals surface area (Å²) in [7, 11) is 0. The first-order chi connectivity index (χ1) is 13.4. The van der Waals surface area contributed by atoms with Crippen molar-refractivity contribution in [3.8, 4) is 22.6 Å². The molecule has 0 aliphatic heterocycles. The third-order valence-corrected chi connectivity index (χ3v) is 5.40. The van der Waals surface area contributed by atoms with Gasteiger partial charge in [0, 0.05) is 16.3 Å². The van der Waals surface area contributed by atoms with Gasteiger partial charge in [0.1, 0.15) is 11.5 Å². The molecule has 6 heteroatoms. The van der Waals surface area contributed by atoms with Crippen LogP contribution in [0.4, 0.5) is 0 Å². The molecule has 1 atom stereocenters. The minimum Gasteiger partial charge on any atom is -0.507 e. The number of H-pyrrole nitrogens is 1. The van der Waals surface area contributed by atoms with E-state index in [1.165, 1.54) is 6.07 Å². The summed E-state index contributed by atoms with van der Waals surface area (Å²) in [6, 6.07) is 14.5. The molecule has 0 unspecified atom stereocenters. The number of phenolic OH excluding ortho intramolecular Hbond substituents is 2. The Bertz CT molecular complexity index is 1260. The molecule has 0 saturated heterocycles. The molecule has 5 nitrogen and oxygen atoms in total. The molecule has 0 spiro atoms. The molecule has 3 aromatic carbocycles. The molecule has 0 aliphatic rings. The number of phenols is 2. The molecule has 0 radical (unpaired) electrons. The summed E-state index contributed by atoms with van der Waals surface area (Å²) in [5, 5.41) is 22.6. The predicted molar refractivity (Wildman–Crippen MR) is 120 cm³/mol. The van der Waals surface area contributed by atoms with Crippen molar-refractivity contribution in [2.75, 3.05) is 6.54 Å². The monoisotopic (exact) mass is 410 g/mol. The van der Waals surface area contributed by atoms with Gasteiger partial charge in [-0.2, -0.15) is 0 Å². The molecule has 0 fully saturated rings. The summed E-state index contributed by atoms with van der Waals surface area (Å²) >= 11 is 0. The Labute approximate surface area is 174 Å². The van der Waals surface area contributed by atoms with E-state index in [9.17, 15) is 15.0 Å². The minimum atomic E-state index is -0.354. The molecule has 0 aliphatic carbocycles. The van der Waals surface area contributed by atoms with Crippen LogP contribution >= 0.6 is 12.4 Å². The molecule has 0 bridgehead atoms. The molecule has 5 N–H and O–H groups in total. The summed E-state index contributed by atoms with van der Waals surface area (Å²) in [6.07, 6.45) is 0. The van der Waals surface area contributed by atoms with Crippen LogP contribution in [0, 0.1) is 6.92 Å². The van der Waals surface area contributed by atoms with Gasteiger partial charge >= 0.3 is 0 Å². The normalized spacial score (nSPS) is 12.1. The summed E-state index contributed by atoms with van der Waals surface area (Å²) in [6.45, 7) is 4.46. The average molecular weight is 411 g/mol. The van der Waals surface area contributed by atoms with Gasteiger partial charge in [0.25, 0.3) is 5.56 Å². The molecular weight excluding hydrogens is 388 g/mol. The van der Waals surface area contributed by atoms with Gasteiger partial charge < -0.3 is 20.9 Å². The Balaban J connectivity index is 0.00000240. The van der Waals surface area contributed by atoms with E-state index in [-0.39, 0.29) is 40.8 Å². The maximum absolute atomic E-state index is 12.6. The van der Waals surface area contributed by atoms with Crippen molar-refractivity contribution in [3.05, 3.63) is 70.0 Å². The molecule has 150 valence electrons. The quantitative estimate of drug-likeness (QED) is 0.372. The number of hydrogen-bond donors (Lipinski definition) is 4. The maximum Gasteiger partial charge on any atom is 0.260 e. The lowest BCUT2D eigenvalue weighted by Crippen LogP contribution is -2.09. The third kappa shape index (κ3) is 3.33. The number of nitrogens with one attached hydrogen (secondary N) is 1. The third-order valence-electron chi connectivity index (χ3n) is 5.40. The summed E-state index contributed by atoms with van der Waals surface area (Å²) in [5.41, 5.74) is 9.39. The van der Waals surface area contributed by atoms with Crippen molar-refractivity contribution in [3.63, 3.8) is 0 Å². The van der Waals surface area contributed by atoms with Crippen molar-refractivity contribution in [1.29, 1.82) is 0 Å². The fraction of sp³-hybridized carbons (Fsp3) is 0.174. The van der Waals surface area contributed by atoms with Gasteiger partial charge in [0.15, 0.2) is 0 Å². The molecule has 1 heterocycles. The maximum atomic E-state index is 12.6. The fourth-order valence-electron chi connectivity index (χ4n) is 3.80. The second kappa shape index (κ2) is 7.78. The average Bonchev–Trinajstić information content (AvgIpc) is 2.68. The number of benzene rings is 3. The number of aromatic amines is 1. The lowest BCUT2D eigenvalue weighted by Gasteiger charge is -2.16. The number of aromatic hydroxyl groups is 2. The Kier molecular flexibility index (Phi) is 5.55. The number of hydrogen-bond acceptors (Lipinski definition) is 4. The zero-order valence-electron chi connectivity index (χ0n) is 16.2. The number of halogens is 1. The molecular formula is C23H23ClN2O3. The van der Waals surface area contributed by atoms with Crippen molar-refractivity contribution < 1.29 is 10.2 Å². The first-order valence-corrected chi connectivity index (χ1v) is 9.23. The molecule has 29 heavy (non-hydrogen) atoms. The number of aryl methyl sites for hydroxylation is 1. The first-order valence-electron chi connectivity index (χ1n) is 9.23. The van der Waals surface area contributed by atoms with E-state index in [1.54, 1.807) is 18.2 Å². The van der Waals surface area contributed by atoms with Crippen LogP contribution in [-0.2, 0) is 0 Å².